The molecule has 0 aliphatic rings. The van der Waals surface area contributed by atoms with E-state index in [9.17, 15) is 9.90 Å². The Morgan fingerprint density at radius 2 is 1.50 bits per heavy atom. The van der Waals surface area contributed by atoms with Crippen LogP contribution in [0.25, 0.3) is 11.3 Å². The number of nitrogens with one attached hydrogen (secondary N) is 2. The van der Waals surface area contributed by atoms with Crippen molar-refractivity contribution in [1.82, 2.24) is 15.3 Å². The molecule has 1 atom stereocenters. The molecular formula is C27H27N3O4. The zero-order valence-electron chi connectivity index (χ0n) is 19.0. The topological polar surface area (TPSA) is 107 Å². The van der Waals surface area contributed by atoms with Crippen LogP contribution in [-0.4, -0.2) is 32.9 Å². The zero-order valence-corrected chi connectivity index (χ0v) is 19.0. The van der Waals surface area contributed by atoms with E-state index in [1.165, 1.54) is 0 Å². The monoisotopic (exact) mass is 457 g/mol. The molecule has 4 rings (SSSR count). The van der Waals surface area contributed by atoms with Crippen molar-refractivity contribution in [2.45, 2.75) is 25.0 Å². The van der Waals surface area contributed by atoms with Gasteiger partial charge in [0.05, 0.1) is 18.5 Å². The molecule has 34 heavy (non-hydrogen) atoms. The highest BCUT2D eigenvalue weighted by molar-refractivity contribution is 5.66. The quantitative estimate of drug-likeness (QED) is 0.301. The Bertz CT molecular complexity index is 1200. The van der Waals surface area contributed by atoms with E-state index >= 15 is 0 Å². The first-order valence-electron chi connectivity index (χ1n) is 10.9. The van der Waals surface area contributed by atoms with Crippen molar-refractivity contribution in [2.24, 2.45) is 0 Å². The van der Waals surface area contributed by atoms with Crippen LogP contribution in [0.4, 0.5) is 4.79 Å². The number of benzene rings is 3. The van der Waals surface area contributed by atoms with E-state index in [-0.39, 0.29) is 0 Å². The number of ether oxygens (including phenoxy) is 1. The van der Waals surface area contributed by atoms with Crippen LogP contribution in [0.3, 0.4) is 0 Å². The van der Waals surface area contributed by atoms with Gasteiger partial charge in [-0.05, 0) is 54.8 Å². The van der Waals surface area contributed by atoms with Crippen molar-refractivity contribution in [3.8, 4) is 17.0 Å². The fourth-order valence-electron chi connectivity index (χ4n) is 3.89. The summed E-state index contributed by atoms with van der Waals surface area (Å²) in [4.78, 5) is 18.5. The van der Waals surface area contributed by atoms with Gasteiger partial charge in [0, 0.05) is 0 Å². The number of aliphatic hydroxyl groups excluding tert-OH is 1. The second kappa shape index (κ2) is 9.41. The summed E-state index contributed by atoms with van der Waals surface area (Å²) < 4.78 is 6.55. The van der Waals surface area contributed by atoms with E-state index in [0.717, 1.165) is 16.7 Å². The summed E-state index contributed by atoms with van der Waals surface area (Å²) in [5.41, 5.74) is 1.71. The highest BCUT2D eigenvalue weighted by atomic mass is 16.5. The number of aliphatic hydroxyl groups is 1. The lowest BCUT2D eigenvalue weighted by Crippen LogP contribution is -2.46. The van der Waals surface area contributed by atoms with Gasteiger partial charge in [-0.1, -0.05) is 60.7 Å². The number of carbonyl (C=O) groups is 1. The maximum Gasteiger partial charge on any atom is 0.405 e. The molecule has 1 aromatic heterocycles. The Labute approximate surface area is 198 Å². The van der Waals surface area contributed by atoms with Crippen LogP contribution in [0.1, 0.15) is 30.8 Å². The average molecular weight is 458 g/mol. The molecule has 0 saturated carbocycles. The Morgan fingerprint density at radius 1 is 0.941 bits per heavy atom. The van der Waals surface area contributed by atoms with Gasteiger partial charge >= 0.3 is 6.09 Å². The number of amides is 1. The maximum atomic E-state index is 11.1. The first-order chi connectivity index (χ1) is 16.3. The molecule has 0 spiro atoms. The van der Waals surface area contributed by atoms with E-state index < -0.39 is 23.8 Å². The lowest BCUT2D eigenvalue weighted by atomic mass is 9.88. The maximum absolute atomic E-state index is 11.1. The molecule has 4 N–H and O–H groups in total. The zero-order chi connectivity index (χ0) is 24.2. The summed E-state index contributed by atoms with van der Waals surface area (Å²) in [6.45, 7) is 3.18. The minimum absolute atomic E-state index is 0.327. The summed E-state index contributed by atoms with van der Waals surface area (Å²) in [6, 6.07) is 27.8. The Morgan fingerprint density at radius 3 is 2.00 bits per heavy atom. The van der Waals surface area contributed by atoms with Gasteiger partial charge in [-0.2, -0.15) is 0 Å². The Kier molecular flexibility index (Phi) is 6.38. The number of imidazole rings is 1. The van der Waals surface area contributed by atoms with Crippen LogP contribution in [-0.2, 0) is 11.1 Å². The highest BCUT2D eigenvalue weighted by Gasteiger charge is 2.32. The predicted octanol–water partition coefficient (Wildman–Crippen LogP) is 4.89. The van der Waals surface area contributed by atoms with E-state index in [2.05, 4.69) is 46.5 Å². The highest BCUT2D eigenvalue weighted by Crippen LogP contribution is 2.35. The van der Waals surface area contributed by atoms with E-state index in [1.54, 1.807) is 13.1 Å². The van der Waals surface area contributed by atoms with Crippen LogP contribution in [0, 0.1) is 0 Å². The third-order valence-electron chi connectivity index (χ3n) is 5.93. The predicted molar refractivity (Wildman–Crippen MR) is 130 cm³/mol. The van der Waals surface area contributed by atoms with Crippen molar-refractivity contribution in [3.05, 3.63) is 108 Å². The molecule has 7 heteroatoms. The first kappa shape index (κ1) is 23.1. The number of aromatic amines is 1. The van der Waals surface area contributed by atoms with Gasteiger partial charge in [-0.25, -0.2) is 9.78 Å². The fraction of sp³-hybridized carbons (Fsp3) is 0.185. The van der Waals surface area contributed by atoms with Crippen molar-refractivity contribution in [3.63, 3.8) is 0 Å². The number of H-pyrrole nitrogens is 1. The standard InChI is InChI=1S/C27H27N3O4/c1-26(18-31,30-25(32)33)24-28-17-23(29-24)19-13-15-22(16-14-19)34-27(2,20-9-5-3-6-10-20)21-11-7-4-8-12-21/h3-17,30-31H,18H2,1-2H3,(H,28,29)(H,32,33)/t26-/m0/s1. The summed E-state index contributed by atoms with van der Waals surface area (Å²) in [6.07, 6.45) is 0.372. The molecule has 3 aromatic carbocycles. The molecular weight excluding hydrogens is 430 g/mol. The summed E-state index contributed by atoms with van der Waals surface area (Å²) in [5.74, 6) is 1.03. The van der Waals surface area contributed by atoms with Crippen LogP contribution < -0.4 is 10.1 Å². The Hall–Kier alpha value is -4.10. The van der Waals surface area contributed by atoms with Gasteiger partial charge in [0.25, 0.3) is 0 Å². The molecule has 0 radical (unpaired) electrons. The number of rotatable bonds is 8. The number of aromatic nitrogens is 2. The van der Waals surface area contributed by atoms with Gasteiger partial charge in [0.2, 0.25) is 0 Å². The molecule has 7 nitrogen and oxygen atoms in total. The SMILES string of the molecule is CC(Oc1ccc(-c2cnc([C@](C)(CO)NC(=O)O)[nH]2)cc1)(c1ccccc1)c1ccccc1. The molecule has 0 fully saturated rings. The molecule has 0 aliphatic heterocycles. The van der Waals surface area contributed by atoms with Crippen molar-refractivity contribution in [1.29, 1.82) is 0 Å². The van der Waals surface area contributed by atoms with E-state index in [0.29, 0.717) is 17.3 Å². The van der Waals surface area contributed by atoms with Crippen LogP contribution in [0.15, 0.2) is 91.1 Å². The largest absolute Gasteiger partial charge is 0.478 e. The minimum atomic E-state index is -1.24. The van der Waals surface area contributed by atoms with E-state index in [4.69, 9.17) is 9.84 Å². The van der Waals surface area contributed by atoms with Crippen molar-refractivity contribution in [2.75, 3.05) is 6.61 Å². The van der Waals surface area contributed by atoms with Gasteiger partial charge in [-0.15, -0.1) is 0 Å². The fourth-order valence-corrected chi connectivity index (χ4v) is 3.89. The number of nitrogens with zero attached hydrogens (tertiary/aromatic N) is 1. The molecule has 1 amide bonds. The third kappa shape index (κ3) is 4.65. The van der Waals surface area contributed by atoms with Gasteiger partial charge in [-0.3, -0.25) is 0 Å². The first-order valence-corrected chi connectivity index (χ1v) is 10.9. The molecule has 0 unspecified atom stereocenters. The number of hydrogen-bond donors (Lipinski definition) is 4. The van der Waals surface area contributed by atoms with Gasteiger partial charge < -0.3 is 25.3 Å². The summed E-state index contributed by atoms with van der Waals surface area (Å²) in [5, 5.41) is 21.1. The lowest BCUT2D eigenvalue weighted by Gasteiger charge is -2.32. The van der Waals surface area contributed by atoms with E-state index in [1.807, 2.05) is 60.7 Å². The second-order valence-corrected chi connectivity index (χ2v) is 8.46. The molecule has 1 heterocycles. The Balaban J connectivity index is 1.60. The van der Waals surface area contributed by atoms with Crippen LogP contribution >= 0.6 is 0 Å². The van der Waals surface area contributed by atoms with Crippen LogP contribution in [0.2, 0.25) is 0 Å². The smallest absolute Gasteiger partial charge is 0.405 e. The molecule has 4 aromatic rings. The molecule has 0 aliphatic carbocycles. The van der Waals surface area contributed by atoms with Crippen molar-refractivity contribution >= 4 is 6.09 Å². The van der Waals surface area contributed by atoms with Crippen LogP contribution in [0.5, 0.6) is 5.75 Å². The van der Waals surface area contributed by atoms with Crippen molar-refractivity contribution < 1.29 is 19.7 Å². The minimum Gasteiger partial charge on any atom is -0.478 e. The molecule has 0 bridgehead atoms. The van der Waals surface area contributed by atoms with Gasteiger partial charge in [0.15, 0.2) is 5.60 Å². The normalized spacial score (nSPS) is 13.1. The van der Waals surface area contributed by atoms with Gasteiger partial charge in [0.1, 0.15) is 17.1 Å². The lowest BCUT2D eigenvalue weighted by molar-refractivity contribution is 0.132. The molecule has 0 saturated heterocycles. The third-order valence-corrected chi connectivity index (χ3v) is 5.93. The number of hydrogen-bond acceptors (Lipinski definition) is 4. The second-order valence-electron chi connectivity index (χ2n) is 8.46. The number of carboxylic acid groups (broad SMARTS) is 1. The summed E-state index contributed by atoms with van der Waals surface area (Å²) >= 11 is 0. The summed E-state index contributed by atoms with van der Waals surface area (Å²) in [7, 11) is 0. The molecule has 174 valence electrons. The average Bonchev–Trinajstić information content (AvgIpc) is 3.36.